The molecule has 0 spiro atoms. The largest absolute Gasteiger partial charge is 0.467 e. The van der Waals surface area contributed by atoms with Crippen LogP contribution in [0.3, 0.4) is 0 Å². The molecule has 0 fully saturated rings. The Morgan fingerprint density at radius 1 is 1.00 bits per heavy atom. The number of hydrogen-bond donors (Lipinski definition) is 0. The Labute approximate surface area is 157 Å². The molecule has 136 valence electrons. The lowest BCUT2D eigenvalue weighted by Crippen LogP contribution is -2.23. The summed E-state index contributed by atoms with van der Waals surface area (Å²) in [7, 11) is 0.0965. The Balaban J connectivity index is 2.43. The first-order chi connectivity index (χ1) is 12.4. The molecule has 0 heterocycles. The van der Waals surface area contributed by atoms with Gasteiger partial charge in [0.1, 0.15) is 0 Å². The Bertz CT molecular complexity index is 720. The maximum Gasteiger partial charge on any atom is 0.330 e. The van der Waals surface area contributed by atoms with Crippen LogP contribution < -0.4 is 0 Å². The normalized spacial score (nSPS) is 12.6. The third-order valence-electron chi connectivity index (χ3n) is 3.83. The van der Waals surface area contributed by atoms with Crippen molar-refractivity contribution in [2.24, 2.45) is 4.99 Å². The van der Waals surface area contributed by atoms with Crippen molar-refractivity contribution in [3.8, 4) is 0 Å². The summed E-state index contributed by atoms with van der Waals surface area (Å²) in [5.41, 5.74) is 5.02. The van der Waals surface area contributed by atoms with Crippen LogP contribution in [-0.4, -0.2) is 32.9 Å². The van der Waals surface area contributed by atoms with Crippen LogP contribution in [0.25, 0.3) is 0 Å². The van der Waals surface area contributed by atoms with Crippen LogP contribution >= 0.6 is 0 Å². The standard InChI is InChI=1S/C22H27NO2Si/c1-25-22(24)20(16-11-17-26(2,3)4)23-21(18-12-7-5-8-13-18)19-14-9-6-10-15-19/h5-15,17,20H,16H2,1-4H3/b17-11-. The van der Waals surface area contributed by atoms with Gasteiger partial charge in [-0.2, -0.15) is 0 Å². The van der Waals surface area contributed by atoms with E-state index in [1.807, 2.05) is 60.7 Å². The van der Waals surface area contributed by atoms with Gasteiger partial charge in [0.15, 0.2) is 6.04 Å². The Hall–Kier alpha value is -2.46. The number of nitrogens with zero attached hydrogens (tertiary/aromatic N) is 1. The molecule has 0 amide bonds. The highest BCUT2D eigenvalue weighted by atomic mass is 28.3. The second-order valence-corrected chi connectivity index (χ2v) is 12.3. The SMILES string of the molecule is COC(=O)C(C/C=C\[Si](C)(C)C)N=C(c1ccccc1)c1ccccc1. The molecule has 0 bridgehead atoms. The van der Waals surface area contributed by atoms with E-state index in [-0.39, 0.29) is 5.97 Å². The summed E-state index contributed by atoms with van der Waals surface area (Å²) in [5.74, 6) is -0.311. The van der Waals surface area contributed by atoms with Gasteiger partial charge in [-0.05, 0) is 6.42 Å². The molecule has 2 aromatic carbocycles. The van der Waals surface area contributed by atoms with E-state index in [4.69, 9.17) is 9.73 Å². The first kappa shape index (κ1) is 19.9. The molecule has 0 radical (unpaired) electrons. The highest BCUT2D eigenvalue weighted by Crippen LogP contribution is 2.15. The van der Waals surface area contributed by atoms with Gasteiger partial charge in [0.05, 0.1) is 20.9 Å². The molecular weight excluding hydrogens is 338 g/mol. The number of hydrogen-bond acceptors (Lipinski definition) is 3. The topological polar surface area (TPSA) is 38.7 Å². The summed E-state index contributed by atoms with van der Waals surface area (Å²) in [6.45, 7) is 6.79. The van der Waals surface area contributed by atoms with E-state index in [1.54, 1.807) is 0 Å². The van der Waals surface area contributed by atoms with Gasteiger partial charge < -0.3 is 4.74 Å². The van der Waals surface area contributed by atoms with Crippen molar-refractivity contribution in [2.75, 3.05) is 7.11 Å². The van der Waals surface area contributed by atoms with Gasteiger partial charge >= 0.3 is 5.97 Å². The second kappa shape index (κ2) is 9.29. The van der Waals surface area contributed by atoms with Gasteiger partial charge in [0.2, 0.25) is 0 Å². The maximum absolute atomic E-state index is 12.3. The summed E-state index contributed by atoms with van der Waals surface area (Å²) in [4.78, 5) is 17.1. The van der Waals surface area contributed by atoms with E-state index in [0.29, 0.717) is 6.42 Å². The lowest BCUT2D eigenvalue weighted by molar-refractivity contribution is -0.141. The van der Waals surface area contributed by atoms with E-state index < -0.39 is 14.1 Å². The van der Waals surface area contributed by atoms with Gasteiger partial charge in [-0.15, -0.1) is 0 Å². The monoisotopic (exact) mass is 365 g/mol. The summed E-state index contributed by atoms with van der Waals surface area (Å²) >= 11 is 0. The summed E-state index contributed by atoms with van der Waals surface area (Å²) in [5, 5.41) is 0. The molecule has 0 N–H and O–H groups in total. The van der Waals surface area contributed by atoms with Crippen molar-refractivity contribution in [1.29, 1.82) is 0 Å². The van der Waals surface area contributed by atoms with Crippen LogP contribution in [0.2, 0.25) is 19.6 Å². The predicted molar refractivity (Wildman–Crippen MR) is 111 cm³/mol. The van der Waals surface area contributed by atoms with Gasteiger partial charge in [-0.3, -0.25) is 4.99 Å². The van der Waals surface area contributed by atoms with Crippen LogP contribution in [0.1, 0.15) is 17.5 Å². The summed E-state index contributed by atoms with van der Waals surface area (Å²) in [6.07, 6.45) is 2.62. The van der Waals surface area contributed by atoms with Crippen LogP contribution in [-0.2, 0) is 9.53 Å². The number of ether oxygens (including phenoxy) is 1. The van der Waals surface area contributed by atoms with Crippen LogP contribution in [0.5, 0.6) is 0 Å². The first-order valence-corrected chi connectivity index (χ1v) is 12.4. The lowest BCUT2D eigenvalue weighted by Gasteiger charge is -2.14. The number of esters is 1. The Kier molecular flexibility index (Phi) is 7.10. The molecule has 0 aliphatic carbocycles. The highest BCUT2D eigenvalue weighted by molar-refractivity contribution is 6.80. The molecule has 4 heteroatoms. The number of aliphatic imine (C=N–C) groups is 1. The Morgan fingerprint density at radius 2 is 1.50 bits per heavy atom. The van der Waals surface area contributed by atoms with Crippen LogP contribution in [0.15, 0.2) is 77.4 Å². The van der Waals surface area contributed by atoms with E-state index in [9.17, 15) is 4.79 Å². The fourth-order valence-corrected chi connectivity index (χ4v) is 3.39. The third kappa shape index (κ3) is 6.12. The lowest BCUT2D eigenvalue weighted by atomic mass is 10.0. The van der Waals surface area contributed by atoms with E-state index in [1.165, 1.54) is 7.11 Å². The van der Waals surface area contributed by atoms with Gasteiger partial charge in [0, 0.05) is 11.1 Å². The number of methoxy groups -OCH3 is 1. The first-order valence-electron chi connectivity index (χ1n) is 8.85. The van der Waals surface area contributed by atoms with Crippen molar-refractivity contribution < 1.29 is 9.53 Å². The molecule has 26 heavy (non-hydrogen) atoms. The van der Waals surface area contributed by atoms with Crippen molar-refractivity contribution in [3.63, 3.8) is 0 Å². The predicted octanol–water partition coefficient (Wildman–Crippen LogP) is 4.89. The van der Waals surface area contributed by atoms with Gasteiger partial charge in [0.25, 0.3) is 0 Å². The molecule has 0 aliphatic heterocycles. The molecule has 2 aromatic rings. The minimum absolute atomic E-state index is 0.311. The number of rotatable bonds is 7. The molecule has 1 atom stereocenters. The van der Waals surface area contributed by atoms with Crippen LogP contribution in [0, 0.1) is 0 Å². The zero-order valence-electron chi connectivity index (χ0n) is 16.0. The quantitative estimate of drug-likeness (QED) is 0.398. The minimum Gasteiger partial charge on any atom is -0.467 e. The molecule has 2 rings (SSSR count). The van der Waals surface area contributed by atoms with Gasteiger partial charge in [-0.1, -0.05) is 92.1 Å². The zero-order chi connectivity index (χ0) is 19.0. The minimum atomic E-state index is -1.32. The van der Waals surface area contributed by atoms with Gasteiger partial charge in [-0.25, -0.2) is 4.79 Å². The molecule has 0 saturated heterocycles. The molecule has 0 aliphatic rings. The number of carbonyl (C=O) groups excluding carboxylic acids is 1. The van der Waals surface area contributed by atoms with E-state index >= 15 is 0 Å². The summed E-state index contributed by atoms with van der Waals surface area (Å²) in [6, 6.07) is 19.4. The van der Waals surface area contributed by atoms with E-state index in [0.717, 1.165) is 16.8 Å². The average Bonchev–Trinajstić information content (AvgIpc) is 2.64. The number of benzene rings is 2. The molecule has 1 unspecified atom stereocenters. The fourth-order valence-electron chi connectivity index (χ4n) is 2.55. The molecule has 0 aromatic heterocycles. The van der Waals surface area contributed by atoms with Crippen molar-refractivity contribution in [2.45, 2.75) is 32.1 Å². The smallest absolute Gasteiger partial charge is 0.330 e. The summed E-state index contributed by atoms with van der Waals surface area (Å²) < 4.78 is 5.00. The van der Waals surface area contributed by atoms with Crippen molar-refractivity contribution in [1.82, 2.24) is 0 Å². The van der Waals surface area contributed by atoms with Crippen LogP contribution in [0.4, 0.5) is 0 Å². The third-order valence-corrected chi connectivity index (χ3v) is 5.07. The van der Waals surface area contributed by atoms with E-state index in [2.05, 4.69) is 31.4 Å². The maximum atomic E-state index is 12.3. The van der Waals surface area contributed by atoms with Crippen molar-refractivity contribution >= 4 is 19.8 Å². The number of carbonyl (C=O) groups is 1. The second-order valence-electron chi connectivity index (χ2n) is 7.25. The zero-order valence-corrected chi connectivity index (χ0v) is 17.0. The molecule has 0 saturated carbocycles. The molecular formula is C22H27NO2Si. The highest BCUT2D eigenvalue weighted by Gasteiger charge is 2.19. The molecule has 3 nitrogen and oxygen atoms in total. The fraction of sp³-hybridized carbons (Fsp3) is 0.273. The Morgan fingerprint density at radius 3 is 1.92 bits per heavy atom. The van der Waals surface area contributed by atoms with Crippen molar-refractivity contribution in [3.05, 3.63) is 83.6 Å². The average molecular weight is 366 g/mol.